The number of rotatable bonds is 7. The van der Waals surface area contributed by atoms with Gasteiger partial charge in [0.25, 0.3) is 0 Å². The largest absolute Gasteiger partial charge is 0.398 e. The molecule has 1 aromatic rings. The van der Waals surface area contributed by atoms with E-state index in [1.165, 1.54) is 16.7 Å². The summed E-state index contributed by atoms with van der Waals surface area (Å²) in [5.74, 6) is 0.537. The van der Waals surface area contributed by atoms with Gasteiger partial charge in [0.1, 0.15) is 0 Å². The van der Waals surface area contributed by atoms with E-state index in [4.69, 9.17) is 5.73 Å². The maximum atomic E-state index is 6.17. The van der Waals surface area contributed by atoms with Crippen LogP contribution in [0.25, 0.3) is 0 Å². The quantitative estimate of drug-likeness (QED) is 0.571. The Morgan fingerprint density at radius 1 is 1.32 bits per heavy atom. The fraction of sp³-hybridized carbons (Fsp3) is 0.529. The predicted octanol–water partition coefficient (Wildman–Crippen LogP) is 4.15. The molecule has 1 aromatic carbocycles. The summed E-state index contributed by atoms with van der Waals surface area (Å²) in [6, 6.07) is 4.42. The van der Waals surface area contributed by atoms with Crippen molar-refractivity contribution < 1.29 is 0 Å². The highest BCUT2D eigenvalue weighted by molar-refractivity contribution is 5.52. The number of allylic oxidation sites excluding steroid dienone is 1. The number of benzene rings is 1. The van der Waals surface area contributed by atoms with Crippen LogP contribution >= 0.6 is 0 Å². The summed E-state index contributed by atoms with van der Waals surface area (Å²) in [6.45, 7) is 10.6. The van der Waals surface area contributed by atoms with Gasteiger partial charge in [-0.2, -0.15) is 0 Å². The first-order chi connectivity index (χ1) is 8.95. The highest BCUT2D eigenvalue weighted by Gasteiger charge is 2.08. The number of hydrogen-bond acceptors (Lipinski definition) is 2. The van der Waals surface area contributed by atoms with E-state index in [2.05, 4.69) is 44.8 Å². The van der Waals surface area contributed by atoms with Crippen LogP contribution in [0, 0.1) is 6.92 Å². The number of aryl methyl sites for hydroxylation is 2. The van der Waals surface area contributed by atoms with E-state index in [0.29, 0.717) is 5.92 Å². The number of anilines is 1. The van der Waals surface area contributed by atoms with Gasteiger partial charge in [0.15, 0.2) is 0 Å². The molecule has 0 aliphatic carbocycles. The van der Waals surface area contributed by atoms with Crippen molar-refractivity contribution in [2.24, 2.45) is 0 Å². The van der Waals surface area contributed by atoms with E-state index in [-0.39, 0.29) is 0 Å². The van der Waals surface area contributed by atoms with Crippen molar-refractivity contribution in [3.63, 3.8) is 0 Å². The first-order valence-electron chi connectivity index (χ1n) is 7.20. The molecule has 0 unspecified atom stereocenters. The zero-order chi connectivity index (χ0) is 14.4. The molecule has 0 aliphatic rings. The molecule has 0 saturated carbocycles. The van der Waals surface area contributed by atoms with Crippen LogP contribution in [0.4, 0.5) is 5.69 Å². The standard InChI is InChI=1S/C17H28N2/c1-12(2)16-11-17(18)15(10-13(16)3)9-7-6-8-14(4)19-5/h10-12,19H,4,6-9,18H2,1-3,5H3. The van der Waals surface area contributed by atoms with Gasteiger partial charge in [-0.3, -0.25) is 0 Å². The number of unbranched alkanes of at least 4 members (excludes halogenated alkanes) is 1. The molecule has 3 N–H and O–H groups in total. The van der Waals surface area contributed by atoms with Gasteiger partial charge in [-0.05, 0) is 61.3 Å². The molecule has 0 aliphatic heterocycles. The third kappa shape index (κ3) is 4.62. The Hall–Kier alpha value is -1.44. The molecule has 0 aromatic heterocycles. The number of hydrogen-bond donors (Lipinski definition) is 2. The van der Waals surface area contributed by atoms with Crippen molar-refractivity contribution in [3.8, 4) is 0 Å². The van der Waals surface area contributed by atoms with Gasteiger partial charge >= 0.3 is 0 Å². The molecule has 0 fully saturated rings. The predicted molar refractivity (Wildman–Crippen MR) is 85.4 cm³/mol. The Labute approximate surface area is 118 Å². The normalized spacial score (nSPS) is 10.8. The van der Waals surface area contributed by atoms with Gasteiger partial charge in [-0.1, -0.05) is 26.5 Å². The van der Waals surface area contributed by atoms with Crippen LogP contribution in [0.1, 0.15) is 55.7 Å². The van der Waals surface area contributed by atoms with Crippen molar-refractivity contribution >= 4 is 5.69 Å². The van der Waals surface area contributed by atoms with Gasteiger partial charge in [0.2, 0.25) is 0 Å². The lowest BCUT2D eigenvalue weighted by Gasteiger charge is -2.14. The fourth-order valence-electron chi connectivity index (χ4n) is 2.42. The topological polar surface area (TPSA) is 38.0 Å². The Morgan fingerprint density at radius 3 is 2.58 bits per heavy atom. The SMILES string of the molecule is C=C(CCCCc1cc(C)c(C(C)C)cc1N)NC. The monoisotopic (exact) mass is 260 g/mol. The first kappa shape index (κ1) is 15.6. The second kappa shape index (κ2) is 7.22. The molecule has 0 spiro atoms. The molecular formula is C17H28N2. The molecule has 0 radical (unpaired) electrons. The van der Waals surface area contributed by atoms with Gasteiger partial charge < -0.3 is 11.1 Å². The van der Waals surface area contributed by atoms with Crippen molar-refractivity contribution in [3.05, 3.63) is 41.1 Å². The van der Waals surface area contributed by atoms with Gasteiger partial charge in [0.05, 0.1) is 0 Å². The lowest BCUT2D eigenvalue weighted by molar-refractivity contribution is 0.705. The van der Waals surface area contributed by atoms with Crippen LogP contribution < -0.4 is 11.1 Å². The summed E-state index contributed by atoms with van der Waals surface area (Å²) in [4.78, 5) is 0. The van der Waals surface area contributed by atoms with Gasteiger partial charge in [-0.25, -0.2) is 0 Å². The van der Waals surface area contributed by atoms with E-state index >= 15 is 0 Å². The average Bonchev–Trinajstić information content (AvgIpc) is 2.37. The number of nitrogens with two attached hydrogens (primary N) is 1. The molecule has 0 amide bonds. The minimum Gasteiger partial charge on any atom is -0.398 e. The molecule has 0 saturated heterocycles. The molecule has 1 rings (SSSR count). The van der Waals surface area contributed by atoms with Gasteiger partial charge in [0, 0.05) is 18.4 Å². The van der Waals surface area contributed by atoms with Crippen LogP contribution in [-0.2, 0) is 6.42 Å². The molecule has 2 nitrogen and oxygen atoms in total. The highest BCUT2D eigenvalue weighted by Crippen LogP contribution is 2.26. The van der Waals surface area contributed by atoms with E-state index in [1.54, 1.807) is 0 Å². The smallest absolute Gasteiger partial charge is 0.0349 e. The molecule has 0 heterocycles. The minimum absolute atomic E-state index is 0.537. The zero-order valence-corrected chi connectivity index (χ0v) is 12.8. The average molecular weight is 260 g/mol. The lowest BCUT2D eigenvalue weighted by atomic mass is 9.93. The van der Waals surface area contributed by atoms with Crippen LogP contribution in [-0.4, -0.2) is 7.05 Å². The second-order valence-corrected chi connectivity index (χ2v) is 5.62. The molecule has 106 valence electrons. The maximum Gasteiger partial charge on any atom is 0.0349 e. The van der Waals surface area contributed by atoms with Crippen LogP contribution in [0.15, 0.2) is 24.4 Å². The molecule has 0 bridgehead atoms. The fourth-order valence-corrected chi connectivity index (χ4v) is 2.42. The third-order valence-corrected chi connectivity index (χ3v) is 3.68. The molecule has 0 atom stereocenters. The summed E-state index contributed by atoms with van der Waals surface area (Å²) in [7, 11) is 1.92. The Balaban J connectivity index is 2.60. The molecular weight excluding hydrogens is 232 g/mol. The minimum atomic E-state index is 0.537. The summed E-state index contributed by atoms with van der Waals surface area (Å²) in [5.41, 5.74) is 12.2. The van der Waals surface area contributed by atoms with Crippen molar-refractivity contribution in [1.82, 2.24) is 5.32 Å². The van der Waals surface area contributed by atoms with Crippen LogP contribution in [0.2, 0.25) is 0 Å². The molecule has 2 heteroatoms. The van der Waals surface area contributed by atoms with Crippen molar-refractivity contribution in [2.75, 3.05) is 12.8 Å². The van der Waals surface area contributed by atoms with Crippen LogP contribution in [0.3, 0.4) is 0 Å². The summed E-state index contributed by atoms with van der Waals surface area (Å²) in [6.07, 6.45) is 4.41. The van der Waals surface area contributed by atoms with Crippen molar-refractivity contribution in [1.29, 1.82) is 0 Å². The summed E-state index contributed by atoms with van der Waals surface area (Å²) < 4.78 is 0. The first-order valence-corrected chi connectivity index (χ1v) is 7.20. The summed E-state index contributed by atoms with van der Waals surface area (Å²) in [5, 5.41) is 3.08. The van der Waals surface area contributed by atoms with E-state index in [0.717, 1.165) is 37.1 Å². The van der Waals surface area contributed by atoms with E-state index in [9.17, 15) is 0 Å². The third-order valence-electron chi connectivity index (χ3n) is 3.68. The maximum absolute atomic E-state index is 6.17. The molecule has 19 heavy (non-hydrogen) atoms. The van der Waals surface area contributed by atoms with E-state index in [1.807, 2.05) is 7.05 Å². The second-order valence-electron chi connectivity index (χ2n) is 5.62. The number of nitrogens with one attached hydrogen (secondary N) is 1. The Bertz CT molecular complexity index is 433. The van der Waals surface area contributed by atoms with Crippen molar-refractivity contribution in [2.45, 2.75) is 52.4 Å². The lowest BCUT2D eigenvalue weighted by Crippen LogP contribution is -2.04. The highest BCUT2D eigenvalue weighted by atomic mass is 14.8. The van der Waals surface area contributed by atoms with Gasteiger partial charge in [-0.15, -0.1) is 0 Å². The zero-order valence-electron chi connectivity index (χ0n) is 12.8. The van der Waals surface area contributed by atoms with Crippen LogP contribution in [0.5, 0.6) is 0 Å². The summed E-state index contributed by atoms with van der Waals surface area (Å²) >= 11 is 0. The van der Waals surface area contributed by atoms with E-state index < -0.39 is 0 Å². The Kier molecular flexibility index (Phi) is 5.94. The Morgan fingerprint density at radius 2 is 2.00 bits per heavy atom. The number of nitrogen functional groups attached to an aromatic ring is 1.